The number of para-hydroxylation sites is 2. The average molecular weight is 287 g/mol. The summed E-state index contributed by atoms with van der Waals surface area (Å²) in [6.07, 6.45) is 0.922. The lowest BCUT2D eigenvalue weighted by Crippen LogP contribution is -2.41. The van der Waals surface area contributed by atoms with E-state index in [1.165, 1.54) is 0 Å². The number of nitrogens with zero attached hydrogens (tertiary/aromatic N) is 3. The summed E-state index contributed by atoms with van der Waals surface area (Å²) in [5.41, 5.74) is 2.04. The van der Waals surface area contributed by atoms with Crippen LogP contribution in [0.1, 0.15) is 32.1 Å². The van der Waals surface area contributed by atoms with E-state index in [0.717, 1.165) is 29.8 Å². The van der Waals surface area contributed by atoms with Crippen LogP contribution in [-0.4, -0.2) is 38.1 Å². The number of carboxylic acids is 1. The molecule has 1 fully saturated rings. The van der Waals surface area contributed by atoms with Crippen molar-refractivity contribution in [3.05, 3.63) is 30.1 Å². The minimum absolute atomic E-state index is 0.00606. The summed E-state index contributed by atoms with van der Waals surface area (Å²) >= 11 is 0. The summed E-state index contributed by atoms with van der Waals surface area (Å²) in [7, 11) is 2.00. The number of likely N-dealkylation sites (tertiary alicyclic amines) is 1. The van der Waals surface area contributed by atoms with Gasteiger partial charge in [-0.05, 0) is 31.4 Å². The summed E-state index contributed by atoms with van der Waals surface area (Å²) in [5, 5.41) is 9.49. The maximum Gasteiger partial charge on any atom is 0.321 e. The van der Waals surface area contributed by atoms with E-state index in [1.807, 2.05) is 38.2 Å². The van der Waals surface area contributed by atoms with Crippen LogP contribution in [0.2, 0.25) is 0 Å². The van der Waals surface area contributed by atoms with Crippen LogP contribution in [0.4, 0.5) is 0 Å². The fourth-order valence-electron chi connectivity index (χ4n) is 3.48. The summed E-state index contributed by atoms with van der Waals surface area (Å²) in [4.78, 5) is 18.3. The van der Waals surface area contributed by atoms with Gasteiger partial charge < -0.3 is 9.67 Å². The van der Waals surface area contributed by atoms with E-state index < -0.39 is 12.0 Å². The third kappa shape index (κ3) is 2.21. The fourth-order valence-corrected chi connectivity index (χ4v) is 3.48. The number of rotatable bonds is 3. The largest absolute Gasteiger partial charge is 0.480 e. The first-order chi connectivity index (χ1) is 10.0. The van der Waals surface area contributed by atoms with Gasteiger partial charge in [0.1, 0.15) is 11.9 Å². The van der Waals surface area contributed by atoms with Gasteiger partial charge in [0.05, 0.1) is 17.1 Å². The topological polar surface area (TPSA) is 58.4 Å². The van der Waals surface area contributed by atoms with Crippen molar-refractivity contribution in [1.82, 2.24) is 14.5 Å². The maximum absolute atomic E-state index is 11.5. The van der Waals surface area contributed by atoms with E-state index in [-0.39, 0.29) is 12.0 Å². The predicted molar refractivity (Wildman–Crippen MR) is 81.0 cm³/mol. The minimum atomic E-state index is -0.731. The molecule has 3 atom stereocenters. The standard InChI is InChI=1S/C16H21N3O2/c1-10-8-9-19(14(10)16(20)21)11(2)15-17-12-6-4-5-7-13(12)18(15)3/h4-7,10-11,14H,8-9H2,1-3H3,(H,20,21). The zero-order valence-electron chi connectivity index (χ0n) is 12.7. The summed E-state index contributed by atoms with van der Waals surface area (Å²) in [5.74, 6) is 0.377. The zero-order valence-corrected chi connectivity index (χ0v) is 12.7. The van der Waals surface area contributed by atoms with Crippen molar-refractivity contribution < 1.29 is 9.90 Å². The molecule has 3 unspecified atom stereocenters. The molecule has 112 valence electrons. The first-order valence-corrected chi connectivity index (χ1v) is 7.40. The molecule has 1 aliphatic heterocycles. The molecule has 1 aromatic carbocycles. The highest BCUT2D eigenvalue weighted by molar-refractivity contribution is 5.76. The van der Waals surface area contributed by atoms with Gasteiger partial charge in [-0.1, -0.05) is 19.1 Å². The van der Waals surface area contributed by atoms with Gasteiger partial charge in [0.15, 0.2) is 0 Å². The Balaban J connectivity index is 1.98. The number of aromatic nitrogens is 2. The first kappa shape index (κ1) is 14.1. The Morgan fingerprint density at radius 1 is 1.43 bits per heavy atom. The van der Waals surface area contributed by atoms with Crippen molar-refractivity contribution in [1.29, 1.82) is 0 Å². The molecular weight excluding hydrogens is 266 g/mol. The van der Waals surface area contributed by atoms with Gasteiger partial charge in [0.2, 0.25) is 0 Å². The molecule has 1 aromatic heterocycles. The van der Waals surface area contributed by atoms with Crippen molar-refractivity contribution in [2.45, 2.75) is 32.4 Å². The normalized spacial score (nSPS) is 24.5. The molecule has 0 spiro atoms. The van der Waals surface area contributed by atoms with Gasteiger partial charge in [0, 0.05) is 13.6 Å². The highest BCUT2D eigenvalue weighted by atomic mass is 16.4. The van der Waals surface area contributed by atoms with Crippen molar-refractivity contribution >= 4 is 17.0 Å². The predicted octanol–water partition coefficient (Wildman–Crippen LogP) is 2.43. The number of aryl methyl sites for hydroxylation is 1. The van der Waals surface area contributed by atoms with Crippen LogP contribution in [0.25, 0.3) is 11.0 Å². The van der Waals surface area contributed by atoms with Crippen molar-refractivity contribution in [2.24, 2.45) is 13.0 Å². The van der Waals surface area contributed by atoms with Crippen LogP contribution in [0.15, 0.2) is 24.3 Å². The molecular formula is C16H21N3O2. The van der Waals surface area contributed by atoms with Gasteiger partial charge in [-0.2, -0.15) is 0 Å². The number of aliphatic carboxylic acids is 1. The monoisotopic (exact) mass is 287 g/mol. The molecule has 0 bridgehead atoms. The molecule has 1 saturated heterocycles. The quantitative estimate of drug-likeness (QED) is 0.942. The number of hydrogen-bond acceptors (Lipinski definition) is 3. The molecule has 0 aliphatic carbocycles. The molecule has 1 aliphatic rings. The average Bonchev–Trinajstić information content (AvgIpc) is 3.00. The Morgan fingerprint density at radius 3 is 2.81 bits per heavy atom. The number of benzene rings is 1. The van der Waals surface area contributed by atoms with Crippen LogP contribution in [-0.2, 0) is 11.8 Å². The lowest BCUT2D eigenvalue weighted by atomic mass is 10.0. The lowest BCUT2D eigenvalue weighted by Gasteiger charge is -2.29. The highest BCUT2D eigenvalue weighted by Crippen LogP contribution is 2.33. The minimum Gasteiger partial charge on any atom is -0.480 e. The Kier molecular flexibility index (Phi) is 3.45. The van der Waals surface area contributed by atoms with Crippen molar-refractivity contribution in [3.8, 4) is 0 Å². The Morgan fingerprint density at radius 2 is 2.14 bits per heavy atom. The van der Waals surface area contributed by atoms with E-state index in [1.54, 1.807) is 0 Å². The van der Waals surface area contributed by atoms with Crippen molar-refractivity contribution in [2.75, 3.05) is 6.54 Å². The van der Waals surface area contributed by atoms with Crippen LogP contribution in [0.3, 0.4) is 0 Å². The molecule has 2 aromatic rings. The lowest BCUT2D eigenvalue weighted by molar-refractivity contribution is -0.144. The summed E-state index contributed by atoms with van der Waals surface area (Å²) in [6.45, 7) is 4.87. The van der Waals surface area contributed by atoms with E-state index in [0.29, 0.717) is 0 Å². The summed E-state index contributed by atoms with van der Waals surface area (Å²) in [6, 6.07) is 7.58. The SMILES string of the molecule is CC1CCN(C(C)c2nc3ccccc3n2C)C1C(=O)O. The molecule has 1 N–H and O–H groups in total. The highest BCUT2D eigenvalue weighted by Gasteiger charge is 2.40. The fraction of sp³-hybridized carbons (Fsp3) is 0.500. The van der Waals surface area contributed by atoms with Crippen molar-refractivity contribution in [3.63, 3.8) is 0 Å². The molecule has 21 heavy (non-hydrogen) atoms. The first-order valence-electron chi connectivity index (χ1n) is 7.40. The second-order valence-electron chi connectivity index (χ2n) is 5.98. The number of hydrogen-bond donors (Lipinski definition) is 1. The molecule has 0 amide bonds. The number of imidazole rings is 1. The second-order valence-corrected chi connectivity index (χ2v) is 5.98. The molecule has 5 nitrogen and oxygen atoms in total. The molecule has 0 radical (unpaired) electrons. The van der Waals surface area contributed by atoms with E-state index in [4.69, 9.17) is 4.98 Å². The summed E-state index contributed by atoms with van der Waals surface area (Å²) < 4.78 is 2.07. The van der Waals surface area contributed by atoms with Gasteiger partial charge >= 0.3 is 5.97 Å². The third-order valence-corrected chi connectivity index (χ3v) is 4.68. The number of carboxylic acid groups (broad SMARTS) is 1. The number of fused-ring (bicyclic) bond motifs is 1. The Labute approximate surface area is 124 Å². The van der Waals surface area contributed by atoms with E-state index in [2.05, 4.69) is 16.4 Å². The van der Waals surface area contributed by atoms with Crippen LogP contribution in [0.5, 0.6) is 0 Å². The van der Waals surface area contributed by atoms with Gasteiger partial charge in [-0.25, -0.2) is 4.98 Å². The molecule has 5 heteroatoms. The number of carbonyl (C=O) groups is 1. The Bertz CT molecular complexity index is 679. The van der Waals surface area contributed by atoms with Crippen LogP contribution in [0, 0.1) is 5.92 Å². The second kappa shape index (κ2) is 5.15. The Hall–Kier alpha value is -1.88. The molecule has 0 saturated carbocycles. The van der Waals surface area contributed by atoms with Gasteiger partial charge in [0.25, 0.3) is 0 Å². The van der Waals surface area contributed by atoms with E-state index in [9.17, 15) is 9.90 Å². The molecule has 2 heterocycles. The van der Waals surface area contributed by atoms with Crippen LogP contribution >= 0.6 is 0 Å². The van der Waals surface area contributed by atoms with E-state index >= 15 is 0 Å². The smallest absolute Gasteiger partial charge is 0.321 e. The van der Waals surface area contributed by atoms with Gasteiger partial charge in [-0.3, -0.25) is 9.69 Å². The molecule has 3 rings (SSSR count). The third-order valence-electron chi connectivity index (χ3n) is 4.68. The maximum atomic E-state index is 11.5. The van der Waals surface area contributed by atoms with Crippen LogP contribution < -0.4 is 0 Å². The zero-order chi connectivity index (χ0) is 15.1. The van der Waals surface area contributed by atoms with Gasteiger partial charge in [-0.15, -0.1) is 0 Å².